The predicted octanol–water partition coefficient (Wildman–Crippen LogP) is 9.07. The maximum atomic E-state index is 6.79. The van der Waals surface area contributed by atoms with E-state index < -0.39 is 0 Å². The van der Waals surface area contributed by atoms with Crippen LogP contribution in [0.1, 0.15) is 111 Å². The van der Waals surface area contributed by atoms with Crippen molar-refractivity contribution >= 4 is 10.9 Å². The van der Waals surface area contributed by atoms with Crippen molar-refractivity contribution in [2.45, 2.75) is 118 Å². The molecule has 2 bridgehead atoms. The standard InChI is InChI=1S/C36H51NO/c1-31(2)16-18-36-19-17-34(6)24(28(36)30(31)38-21-36)12-13-27-33(5)20-23-22-10-8-9-11-25(22)37-29(23)32(3,4)26(33)14-15-35(27,34)7/h8-11,24,26-28,30,37H,12-21H2,1-7H3/t24?,26?,27?,28?,30-,33+,34-,35-,36-/m1/s1. The van der Waals surface area contributed by atoms with Gasteiger partial charge in [0, 0.05) is 22.0 Å². The molecule has 2 aromatic rings. The molecule has 1 saturated heterocycles. The normalized spacial score (nSPS) is 49.9. The van der Waals surface area contributed by atoms with Gasteiger partial charge in [-0.25, -0.2) is 0 Å². The Hall–Kier alpha value is -1.28. The third kappa shape index (κ3) is 2.62. The first-order chi connectivity index (χ1) is 17.9. The molecule has 4 unspecified atom stereocenters. The van der Waals surface area contributed by atoms with Gasteiger partial charge in [-0.2, -0.15) is 0 Å². The molecular weight excluding hydrogens is 462 g/mol. The number of fused-ring (bicyclic) bond motifs is 8. The third-order valence-corrected chi connectivity index (χ3v) is 15.3. The number of aromatic nitrogens is 1. The Labute approximate surface area is 231 Å². The Morgan fingerprint density at radius 1 is 0.789 bits per heavy atom. The van der Waals surface area contributed by atoms with Crippen LogP contribution < -0.4 is 0 Å². The van der Waals surface area contributed by atoms with Gasteiger partial charge in [-0.3, -0.25) is 0 Å². The number of para-hydroxylation sites is 1. The summed E-state index contributed by atoms with van der Waals surface area (Å²) in [5.41, 5.74) is 6.76. The van der Waals surface area contributed by atoms with Crippen molar-refractivity contribution in [2.75, 3.05) is 6.61 Å². The second kappa shape index (κ2) is 7.13. The van der Waals surface area contributed by atoms with Gasteiger partial charge >= 0.3 is 0 Å². The molecule has 1 N–H and O–H groups in total. The van der Waals surface area contributed by atoms with E-state index in [4.69, 9.17) is 4.74 Å². The number of aromatic amines is 1. The van der Waals surface area contributed by atoms with E-state index in [1.807, 2.05) is 0 Å². The summed E-state index contributed by atoms with van der Waals surface area (Å²) in [5, 5.41) is 1.49. The smallest absolute Gasteiger partial charge is 0.0663 e. The second-order valence-corrected chi connectivity index (χ2v) is 17.2. The molecule has 2 heterocycles. The van der Waals surface area contributed by atoms with Crippen LogP contribution in [0.25, 0.3) is 10.9 Å². The highest BCUT2D eigenvalue weighted by Gasteiger charge is 2.72. The van der Waals surface area contributed by atoms with Crippen LogP contribution >= 0.6 is 0 Å². The molecule has 8 rings (SSSR count). The highest BCUT2D eigenvalue weighted by Crippen LogP contribution is 2.77. The molecule has 1 aromatic carbocycles. The van der Waals surface area contributed by atoms with E-state index in [1.165, 1.54) is 68.7 Å². The molecule has 2 heteroatoms. The molecule has 0 spiro atoms. The fourth-order valence-corrected chi connectivity index (χ4v) is 13.3. The molecule has 1 aromatic heterocycles. The van der Waals surface area contributed by atoms with E-state index >= 15 is 0 Å². The number of hydrogen-bond acceptors (Lipinski definition) is 1. The van der Waals surface area contributed by atoms with E-state index in [1.54, 1.807) is 11.3 Å². The Balaban J connectivity index is 1.23. The number of benzene rings is 1. The highest BCUT2D eigenvalue weighted by atomic mass is 16.5. The zero-order valence-electron chi connectivity index (χ0n) is 25.2. The van der Waals surface area contributed by atoms with E-state index in [9.17, 15) is 0 Å². The minimum atomic E-state index is 0.192. The van der Waals surface area contributed by atoms with Gasteiger partial charge in [-0.15, -0.1) is 0 Å². The summed E-state index contributed by atoms with van der Waals surface area (Å²) < 4.78 is 6.79. The van der Waals surface area contributed by atoms with Gasteiger partial charge in [0.15, 0.2) is 0 Å². The Morgan fingerprint density at radius 2 is 1.55 bits per heavy atom. The van der Waals surface area contributed by atoms with Gasteiger partial charge in [0.2, 0.25) is 0 Å². The van der Waals surface area contributed by atoms with Crippen molar-refractivity contribution in [3.8, 4) is 0 Å². The zero-order valence-corrected chi connectivity index (χ0v) is 25.2. The van der Waals surface area contributed by atoms with Crippen LogP contribution in [0.15, 0.2) is 24.3 Å². The quantitative estimate of drug-likeness (QED) is 0.373. The van der Waals surface area contributed by atoms with Crippen LogP contribution in [-0.2, 0) is 16.6 Å². The summed E-state index contributed by atoms with van der Waals surface area (Å²) in [6, 6.07) is 9.12. The summed E-state index contributed by atoms with van der Waals surface area (Å²) in [4.78, 5) is 3.93. The molecule has 5 aliphatic carbocycles. The molecule has 2 nitrogen and oxygen atoms in total. The van der Waals surface area contributed by atoms with Crippen molar-refractivity contribution in [3.63, 3.8) is 0 Å². The fourth-order valence-electron chi connectivity index (χ4n) is 13.3. The summed E-state index contributed by atoms with van der Waals surface area (Å²) in [6.45, 7) is 19.5. The van der Waals surface area contributed by atoms with Gasteiger partial charge in [0.25, 0.3) is 0 Å². The number of hydrogen-bond donors (Lipinski definition) is 1. The lowest BCUT2D eigenvalue weighted by molar-refractivity contribution is -0.232. The van der Waals surface area contributed by atoms with Crippen LogP contribution in [0, 0.1) is 50.7 Å². The zero-order chi connectivity index (χ0) is 26.5. The Bertz CT molecular complexity index is 1320. The molecule has 1 aliphatic heterocycles. The van der Waals surface area contributed by atoms with Crippen molar-refractivity contribution < 1.29 is 4.74 Å². The first-order valence-corrected chi connectivity index (χ1v) is 16.1. The second-order valence-electron chi connectivity index (χ2n) is 17.2. The number of rotatable bonds is 0. The first-order valence-electron chi connectivity index (χ1n) is 16.1. The molecule has 6 aliphatic rings. The maximum Gasteiger partial charge on any atom is 0.0663 e. The lowest BCUT2D eigenvalue weighted by atomic mass is 9.31. The van der Waals surface area contributed by atoms with E-state index in [-0.39, 0.29) is 5.41 Å². The monoisotopic (exact) mass is 513 g/mol. The molecule has 5 fully saturated rings. The minimum Gasteiger partial charge on any atom is -0.377 e. The Morgan fingerprint density at radius 3 is 2.37 bits per heavy atom. The van der Waals surface area contributed by atoms with Crippen LogP contribution in [0.2, 0.25) is 0 Å². The van der Waals surface area contributed by atoms with Gasteiger partial charge in [-0.05, 0) is 120 Å². The summed E-state index contributed by atoms with van der Waals surface area (Å²) in [6.07, 6.45) is 13.0. The van der Waals surface area contributed by atoms with Gasteiger partial charge in [0.05, 0.1) is 12.7 Å². The van der Waals surface area contributed by atoms with Crippen molar-refractivity contribution in [1.82, 2.24) is 4.98 Å². The van der Waals surface area contributed by atoms with Gasteiger partial charge < -0.3 is 9.72 Å². The van der Waals surface area contributed by atoms with E-state index in [2.05, 4.69) is 77.7 Å². The van der Waals surface area contributed by atoms with E-state index in [0.29, 0.717) is 33.2 Å². The van der Waals surface area contributed by atoms with Crippen LogP contribution in [0.5, 0.6) is 0 Å². The Kier molecular flexibility index (Phi) is 4.60. The van der Waals surface area contributed by atoms with Crippen molar-refractivity contribution in [1.29, 1.82) is 0 Å². The summed E-state index contributed by atoms with van der Waals surface area (Å²) >= 11 is 0. The first kappa shape index (κ1) is 24.5. The molecule has 0 amide bonds. The van der Waals surface area contributed by atoms with Crippen LogP contribution in [0.4, 0.5) is 0 Å². The molecule has 4 saturated carbocycles. The van der Waals surface area contributed by atoms with Gasteiger partial charge in [-0.1, -0.05) is 66.7 Å². The highest BCUT2D eigenvalue weighted by molar-refractivity contribution is 5.85. The number of ether oxygens (including phenoxy) is 1. The lowest BCUT2D eigenvalue weighted by Gasteiger charge is -2.73. The average molecular weight is 514 g/mol. The van der Waals surface area contributed by atoms with E-state index in [0.717, 1.165) is 30.3 Å². The number of nitrogens with one attached hydrogen (secondary N) is 1. The molecule has 0 radical (unpaired) electrons. The summed E-state index contributed by atoms with van der Waals surface area (Å²) in [7, 11) is 0. The predicted molar refractivity (Wildman–Crippen MR) is 156 cm³/mol. The topological polar surface area (TPSA) is 25.0 Å². The molecular formula is C36H51NO. The average Bonchev–Trinajstić information content (AvgIpc) is 3.40. The number of H-pyrrole nitrogens is 1. The molecule has 206 valence electrons. The van der Waals surface area contributed by atoms with Crippen molar-refractivity contribution in [2.24, 2.45) is 50.7 Å². The van der Waals surface area contributed by atoms with Gasteiger partial charge in [0.1, 0.15) is 0 Å². The molecule has 9 atom stereocenters. The minimum absolute atomic E-state index is 0.192. The summed E-state index contributed by atoms with van der Waals surface area (Å²) in [5.74, 6) is 3.18. The largest absolute Gasteiger partial charge is 0.377 e. The third-order valence-electron chi connectivity index (χ3n) is 15.3. The maximum absolute atomic E-state index is 6.79. The molecule has 38 heavy (non-hydrogen) atoms. The van der Waals surface area contributed by atoms with Crippen molar-refractivity contribution in [3.05, 3.63) is 35.5 Å². The van der Waals surface area contributed by atoms with Crippen LogP contribution in [0.3, 0.4) is 0 Å². The lowest BCUT2D eigenvalue weighted by Crippen LogP contribution is -2.67. The SMILES string of the molecule is CC1(C)c2[nH]c3ccccc3c2C[C@@]2(C)C1CC[C@]1(C)C2CCC2C3[C@H]4OC[C@@]3(CCC4(C)C)CC[C@]21C. The fraction of sp³-hybridized carbons (Fsp3) is 0.778. The van der Waals surface area contributed by atoms with Crippen LogP contribution in [-0.4, -0.2) is 17.7 Å².